The lowest BCUT2D eigenvalue weighted by molar-refractivity contribution is 0.415. The van der Waals surface area contributed by atoms with Crippen LogP contribution in [0.5, 0.6) is 5.75 Å². The molecule has 0 fully saturated rings. The quantitative estimate of drug-likeness (QED) is 0.715. The van der Waals surface area contributed by atoms with Crippen molar-refractivity contribution in [2.24, 2.45) is 5.14 Å². The molecule has 5 N–H and O–H groups in total. The average molecular weight is 372 g/mol. The molecule has 2 aromatic carbocycles. The molecule has 0 spiro atoms. The van der Waals surface area contributed by atoms with Gasteiger partial charge in [0.15, 0.2) is 0 Å². The van der Waals surface area contributed by atoms with Gasteiger partial charge >= 0.3 is 0 Å². The van der Waals surface area contributed by atoms with Gasteiger partial charge in [-0.2, -0.15) is 0 Å². The van der Waals surface area contributed by atoms with Crippen LogP contribution in [0, 0.1) is 0 Å². The van der Waals surface area contributed by atoms with E-state index in [9.17, 15) is 8.42 Å². The number of ether oxygens (including phenoxy) is 1. The number of nitrogens with two attached hydrogens (primary N) is 2. The van der Waals surface area contributed by atoms with Crippen molar-refractivity contribution in [1.82, 2.24) is 0 Å². The summed E-state index contributed by atoms with van der Waals surface area (Å²) in [7, 11) is -2.26. The van der Waals surface area contributed by atoms with E-state index in [0.29, 0.717) is 22.8 Å². The highest BCUT2D eigenvalue weighted by Crippen LogP contribution is 2.31. The van der Waals surface area contributed by atoms with Gasteiger partial charge in [-0.3, -0.25) is 0 Å². The van der Waals surface area contributed by atoms with E-state index in [-0.39, 0.29) is 4.90 Å². The van der Waals surface area contributed by atoms with E-state index in [4.69, 9.17) is 15.6 Å². The maximum atomic E-state index is 11.4. The van der Waals surface area contributed by atoms with Crippen molar-refractivity contribution < 1.29 is 13.2 Å². The van der Waals surface area contributed by atoms with Crippen molar-refractivity contribution >= 4 is 43.0 Å². The van der Waals surface area contributed by atoms with Gasteiger partial charge in [0.05, 0.1) is 17.7 Å². The van der Waals surface area contributed by atoms with Gasteiger partial charge in [-0.25, -0.2) is 13.6 Å². The molecule has 2 rings (SSSR count). The van der Waals surface area contributed by atoms with E-state index >= 15 is 0 Å². The molecule has 0 saturated carbocycles. The van der Waals surface area contributed by atoms with Gasteiger partial charge in [-0.15, -0.1) is 0 Å². The summed E-state index contributed by atoms with van der Waals surface area (Å²) >= 11 is 3.40. The van der Waals surface area contributed by atoms with Gasteiger partial charge in [0.25, 0.3) is 0 Å². The number of halogens is 1. The van der Waals surface area contributed by atoms with Crippen LogP contribution in [0.3, 0.4) is 0 Å². The molecule has 0 aliphatic rings. The third-order valence-electron chi connectivity index (χ3n) is 2.71. The Bertz CT molecular complexity index is 778. The third-order valence-corrected chi connectivity index (χ3v) is 4.29. The van der Waals surface area contributed by atoms with E-state index in [2.05, 4.69) is 21.2 Å². The maximum absolute atomic E-state index is 11.4. The Morgan fingerprint density at radius 3 is 2.52 bits per heavy atom. The topological polar surface area (TPSA) is 107 Å². The lowest BCUT2D eigenvalue weighted by Crippen LogP contribution is -2.12. The highest BCUT2D eigenvalue weighted by molar-refractivity contribution is 9.10. The summed E-state index contributed by atoms with van der Waals surface area (Å²) in [4.78, 5) is -0.0518. The van der Waals surface area contributed by atoms with Crippen LogP contribution >= 0.6 is 15.9 Å². The minimum atomic E-state index is -3.82. The number of sulfonamides is 1. The third kappa shape index (κ3) is 3.87. The molecular formula is C13H14BrN3O3S. The fourth-order valence-corrected chi connectivity index (χ4v) is 2.68. The lowest BCUT2D eigenvalue weighted by atomic mass is 10.2. The number of anilines is 3. The molecule has 2 aromatic rings. The maximum Gasteiger partial charge on any atom is 0.238 e. The molecule has 0 radical (unpaired) electrons. The Morgan fingerprint density at radius 2 is 1.90 bits per heavy atom. The van der Waals surface area contributed by atoms with Crippen molar-refractivity contribution in [3.8, 4) is 5.75 Å². The summed E-state index contributed by atoms with van der Waals surface area (Å²) < 4.78 is 28.8. The smallest absolute Gasteiger partial charge is 0.238 e. The van der Waals surface area contributed by atoms with Crippen molar-refractivity contribution in [2.75, 3.05) is 18.2 Å². The average Bonchev–Trinajstić information content (AvgIpc) is 2.39. The normalized spacial score (nSPS) is 11.2. The largest absolute Gasteiger partial charge is 0.497 e. The van der Waals surface area contributed by atoms with E-state index in [1.807, 2.05) is 6.07 Å². The first-order chi connectivity index (χ1) is 9.79. The number of hydrogen-bond donors (Lipinski definition) is 3. The molecular weight excluding hydrogens is 358 g/mol. The number of rotatable bonds is 4. The fraction of sp³-hybridized carbons (Fsp3) is 0.0769. The van der Waals surface area contributed by atoms with Crippen molar-refractivity contribution in [2.45, 2.75) is 4.90 Å². The monoisotopic (exact) mass is 371 g/mol. The van der Waals surface area contributed by atoms with Crippen LogP contribution in [0.4, 0.5) is 17.1 Å². The van der Waals surface area contributed by atoms with E-state index in [1.165, 1.54) is 12.1 Å². The summed E-state index contributed by atoms with van der Waals surface area (Å²) in [5.41, 5.74) is 7.22. The molecule has 0 atom stereocenters. The molecule has 21 heavy (non-hydrogen) atoms. The zero-order valence-corrected chi connectivity index (χ0v) is 13.5. The minimum absolute atomic E-state index is 0.0518. The number of nitrogens with one attached hydrogen (secondary N) is 1. The predicted octanol–water partition coefficient (Wildman–Crippen LogP) is 2.43. The van der Waals surface area contributed by atoms with Crippen LogP contribution in [0.25, 0.3) is 0 Å². The lowest BCUT2D eigenvalue weighted by Gasteiger charge is -2.12. The zero-order valence-electron chi connectivity index (χ0n) is 11.1. The first-order valence-corrected chi connectivity index (χ1v) is 8.17. The molecule has 0 aliphatic carbocycles. The standard InChI is InChI=1S/C13H14BrN3O3S/c1-20-10-2-3-12(14)13(7-10)17-9-4-8(15)5-11(6-9)21(16,18)19/h2-7,17H,15H2,1H3,(H2,16,18,19). The number of hydrogen-bond acceptors (Lipinski definition) is 5. The number of nitrogen functional groups attached to an aromatic ring is 1. The van der Waals surface area contributed by atoms with Crippen LogP contribution in [0.15, 0.2) is 45.8 Å². The van der Waals surface area contributed by atoms with Crippen molar-refractivity contribution in [3.63, 3.8) is 0 Å². The first-order valence-electron chi connectivity index (χ1n) is 5.83. The summed E-state index contributed by atoms with van der Waals surface area (Å²) in [5, 5.41) is 8.20. The van der Waals surface area contributed by atoms with Gasteiger partial charge in [-0.1, -0.05) is 0 Å². The SMILES string of the molecule is COc1ccc(Br)c(Nc2cc(N)cc(S(N)(=O)=O)c2)c1. The van der Waals surface area contributed by atoms with Crippen LogP contribution in [-0.2, 0) is 10.0 Å². The predicted molar refractivity (Wildman–Crippen MR) is 86.2 cm³/mol. The molecule has 0 saturated heterocycles. The van der Waals surface area contributed by atoms with Gasteiger partial charge < -0.3 is 15.8 Å². The Kier molecular flexibility index (Phi) is 4.40. The Hall–Kier alpha value is -1.77. The van der Waals surface area contributed by atoms with Crippen molar-refractivity contribution in [3.05, 3.63) is 40.9 Å². The molecule has 0 unspecified atom stereocenters. The summed E-state index contributed by atoms with van der Waals surface area (Å²) in [5.74, 6) is 0.663. The van der Waals surface area contributed by atoms with Crippen LogP contribution in [-0.4, -0.2) is 15.5 Å². The molecule has 0 aromatic heterocycles. The van der Waals surface area contributed by atoms with Crippen LogP contribution in [0.1, 0.15) is 0 Å². The Morgan fingerprint density at radius 1 is 1.19 bits per heavy atom. The molecule has 0 heterocycles. The van der Waals surface area contributed by atoms with Gasteiger partial charge in [0.1, 0.15) is 5.75 Å². The second kappa shape index (κ2) is 5.92. The molecule has 112 valence electrons. The number of methoxy groups -OCH3 is 1. The fourth-order valence-electron chi connectivity index (χ4n) is 1.74. The van der Waals surface area contributed by atoms with E-state index in [0.717, 1.165) is 4.47 Å². The second-order valence-corrected chi connectivity index (χ2v) is 6.72. The van der Waals surface area contributed by atoms with Crippen LogP contribution < -0.4 is 20.9 Å². The Balaban J connectivity index is 2.42. The highest BCUT2D eigenvalue weighted by Gasteiger charge is 2.11. The van der Waals surface area contributed by atoms with Crippen LogP contribution in [0.2, 0.25) is 0 Å². The van der Waals surface area contributed by atoms with E-state index < -0.39 is 10.0 Å². The highest BCUT2D eigenvalue weighted by atomic mass is 79.9. The number of primary sulfonamides is 1. The number of benzene rings is 2. The van der Waals surface area contributed by atoms with Gasteiger partial charge in [-0.05, 0) is 46.3 Å². The molecule has 6 nitrogen and oxygen atoms in total. The van der Waals surface area contributed by atoms with Gasteiger partial charge in [0, 0.05) is 21.9 Å². The molecule has 0 amide bonds. The molecule has 8 heteroatoms. The van der Waals surface area contributed by atoms with Gasteiger partial charge in [0.2, 0.25) is 10.0 Å². The second-order valence-electron chi connectivity index (χ2n) is 4.31. The minimum Gasteiger partial charge on any atom is -0.497 e. The molecule has 0 bridgehead atoms. The first kappa shape index (κ1) is 15.6. The summed E-state index contributed by atoms with van der Waals surface area (Å²) in [6.45, 7) is 0. The summed E-state index contributed by atoms with van der Waals surface area (Å²) in [6, 6.07) is 9.71. The Labute approximate surface area is 131 Å². The van der Waals surface area contributed by atoms with Crippen molar-refractivity contribution in [1.29, 1.82) is 0 Å². The van der Waals surface area contributed by atoms with E-state index in [1.54, 1.807) is 25.3 Å². The molecule has 0 aliphatic heterocycles. The zero-order chi connectivity index (χ0) is 15.6. The summed E-state index contributed by atoms with van der Waals surface area (Å²) in [6.07, 6.45) is 0.